The largest absolute Gasteiger partial charge is 0.378 e. The van der Waals surface area contributed by atoms with E-state index in [1.807, 2.05) is 44.0 Å². The molecule has 28 heavy (non-hydrogen) atoms. The van der Waals surface area contributed by atoms with Gasteiger partial charge in [-0.2, -0.15) is 0 Å². The number of anilines is 1. The SMILES string of the molecule is CC(C)(C)C(=O)N1CCC(C(=O)NCc2ccc(N3CCOCC3)nc2)CC1. The van der Waals surface area contributed by atoms with E-state index in [1.165, 1.54) is 0 Å². The second kappa shape index (κ2) is 8.90. The topological polar surface area (TPSA) is 74.8 Å². The predicted octanol–water partition coefficient (Wildman–Crippen LogP) is 1.82. The Morgan fingerprint density at radius 3 is 2.39 bits per heavy atom. The van der Waals surface area contributed by atoms with Crippen molar-refractivity contribution in [3.05, 3.63) is 23.9 Å². The Bertz CT molecular complexity index is 670. The third kappa shape index (κ3) is 5.22. The summed E-state index contributed by atoms with van der Waals surface area (Å²) in [4.78, 5) is 33.5. The highest BCUT2D eigenvalue weighted by molar-refractivity contribution is 5.82. The normalized spacial score (nSPS) is 18.8. The lowest BCUT2D eigenvalue weighted by molar-refractivity contribution is -0.142. The van der Waals surface area contributed by atoms with Gasteiger partial charge in [-0.25, -0.2) is 4.98 Å². The van der Waals surface area contributed by atoms with Gasteiger partial charge in [0, 0.05) is 50.3 Å². The van der Waals surface area contributed by atoms with Gasteiger partial charge in [0.15, 0.2) is 0 Å². The number of ether oxygens (including phenoxy) is 1. The summed E-state index contributed by atoms with van der Waals surface area (Å²) in [6.45, 7) is 10.8. The first-order valence-corrected chi connectivity index (χ1v) is 10.2. The number of carbonyl (C=O) groups excluding carboxylic acids is 2. The van der Waals surface area contributed by atoms with Gasteiger partial charge in [0.05, 0.1) is 13.2 Å². The molecule has 1 aromatic rings. The Hall–Kier alpha value is -2.15. The van der Waals surface area contributed by atoms with Gasteiger partial charge >= 0.3 is 0 Å². The van der Waals surface area contributed by atoms with Crippen LogP contribution in [0.25, 0.3) is 0 Å². The number of pyridine rings is 1. The fraction of sp³-hybridized carbons (Fsp3) is 0.667. The van der Waals surface area contributed by atoms with Crippen molar-refractivity contribution in [3.8, 4) is 0 Å². The number of likely N-dealkylation sites (tertiary alicyclic amines) is 1. The van der Waals surface area contributed by atoms with Crippen molar-refractivity contribution >= 4 is 17.6 Å². The van der Waals surface area contributed by atoms with Crippen molar-refractivity contribution in [1.29, 1.82) is 0 Å². The van der Waals surface area contributed by atoms with Crippen LogP contribution in [0.5, 0.6) is 0 Å². The van der Waals surface area contributed by atoms with E-state index in [2.05, 4.69) is 15.2 Å². The molecule has 7 nitrogen and oxygen atoms in total. The summed E-state index contributed by atoms with van der Waals surface area (Å²) >= 11 is 0. The van der Waals surface area contributed by atoms with Crippen LogP contribution in [0, 0.1) is 11.3 Å². The fourth-order valence-corrected chi connectivity index (χ4v) is 3.65. The number of piperidine rings is 1. The van der Waals surface area contributed by atoms with Crippen LogP contribution in [0.15, 0.2) is 18.3 Å². The van der Waals surface area contributed by atoms with Gasteiger partial charge in [-0.3, -0.25) is 9.59 Å². The van der Waals surface area contributed by atoms with Gasteiger partial charge in [-0.05, 0) is 24.5 Å². The third-order valence-electron chi connectivity index (χ3n) is 5.41. The molecule has 0 spiro atoms. The molecule has 0 unspecified atom stereocenters. The number of rotatable bonds is 4. The monoisotopic (exact) mass is 388 g/mol. The Kier molecular flexibility index (Phi) is 6.54. The standard InChI is InChI=1S/C21H32N4O3/c1-21(2,3)20(27)25-8-6-17(7-9-25)19(26)23-15-16-4-5-18(22-14-16)24-10-12-28-13-11-24/h4-5,14,17H,6-13,15H2,1-3H3,(H,23,26). The Balaban J connectivity index is 1.44. The summed E-state index contributed by atoms with van der Waals surface area (Å²) in [5.74, 6) is 1.16. The average molecular weight is 389 g/mol. The third-order valence-corrected chi connectivity index (χ3v) is 5.41. The minimum atomic E-state index is -0.366. The minimum Gasteiger partial charge on any atom is -0.378 e. The zero-order chi connectivity index (χ0) is 20.1. The number of morpholine rings is 1. The zero-order valence-corrected chi connectivity index (χ0v) is 17.2. The molecule has 2 aliphatic rings. The molecule has 2 saturated heterocycles. The first-order chi connectivity index (χ1) is 13.3. The molecule has 0 aliphatic carbocycles. The summed E-state index contributed by atoms with van der Waals surface area (Å²) in [6, 6.07) is 4.02. The van der Waals surface area contributed by atoms with E-state index >= 15 is 0 Å². The molecule has 3 heterocycles. The van der Waals surface area contributed by atoms with Crippen LogP contribution in [0.2, 0.25) is 0 Å². The number of nitrogens with zero attached hydrogens (tertiary/aromatic N) is 3. The molecule has 1 N–H and O–H groups in total. The number of nitrogens with one attached hydrogen (secondary N) is 1. The predicted molar refractivity (Wildman–Crippen MR) is 108 cm³/mol. The molecule has 0 saturated carbocycles. The van der Waals surface area contributed by atoms with Crippen LogP contribution in [0.1, 0.15) is 39.2 Å². The van der Waals surface area contributed by atoms with Crippen LogP contribution in [0.4, 0.5) is 5.82 Å². The lowest BCUT2D eigenvalue weighted by Crippen LogP contribution is -2.46. The Morgan fingerprint density at radius 1 is 1.14 bits per heavy atom. The number of hydrogen-bond donors (Lipinski definition) is 1. The number of carbonyl (C=O) groups is 2. The van der Waals surface area contributed by atoms with E-state index < -0.39 is 0 Å². The molecule has 0 atom stereocenters. The highest BCUT2D eigenvalue weighted by Gasteiger charge is 2.32. The molecule has 2 fully saturated rings. The minimum absolute atomic E-state index is 0.0235. The van der Waals surface area contributed by atoms with Crippen molar-refractivity contribution in [1.82, 2.24) is 15.2 Å². The maximum Gasteiger partial charge on any atom is 0.227 e. The Labute approximate surface area is 167 Å². The van der Waals surface area contributed by atoms with Crippen LogP contribution in [-0.2, 0) is 20.9 Å². The van der Waals surface area contributed by atoms with E-state index in [4.69, 9.17) is 4.74 Å². The molecular weight excluding hydrogens is 356 g/mol. The van der Waals surface area contributed by atoms with Crippen LogP contribution in [0.3, 0.4) is 0 Å². The zero-order valence-electron chi connectivity index (χ0n) is 17.2. The quantitative estimate of drug-likeness (QED) is 0.852. The highest BCUT2D eigenvalue weighted by Crippen LogP contribution is 2.23. The van der Waals surface area contributed by atoms with Crippen molar-refractivity contribution < 1.29 is 14.3 Å². The van der Waals surface area contributed by atoms with Crippen molar-refractivity contribution in [2.75, 3.05) is 44.3 Å². The van der Waals surface area contributed by atoms with Gasteiger partial charge in [-0.1, -0.05) is 26.8 Å². The number of hydrogen-bond acceptors (Lipinski definition) is 5. The van der Waals surface area contributed by atoms with Gasteiger partial charge in [0.2, 0.25) is 11.8 Å². The Morgan fingerprint density at radius 2 is 1.82 bits per heavy atom. The second-order valence-corrected chi connectivity index (χ2v) is 8.66. The summed E-state index contributed by atoms with van der Waals surface area (Å²) in [5.41, 5.74) is 0.626. The van der Waals surface area contributed by atoms with Crippen molar-refractivity contribution in [2.24, 2.45) is 11.3 Å². The molecule has 3 rings (SSSR count). The molecule has 1 aromatic heterocycles. The molecule has 154 valence electrons. The summed E-state index contributed by atoms with van der Waals surface area (Å²) < 4.78 is 5.37. The van der Waals surface area contributed by atoms with Crippen molar-refractivity contribution in [3.63, 3.8) is 0 Å². The molecule has 7 heteroatoms. The number of aromatic nitrogens is 1. The van der Waals surface area contributed by atoms with Crippen LogP contribution in [-0.4, -0.2) is 61.1 Å². The van der Waals surface area contributed by atoms with Gasteiger partial charge in [0.1, 0.15) is 5.82 Å². The van der Waals surface area contributed by atoms with E-state index in [0.717, 1.165) is 50.5 Å². The molecular formula is C21H32N4O3. The molecule has 2 aliphatic heterocycles. The van der Waals surface area contributed by atoms with Gasteiger partial charge < -0.3 is 19.9 Å². The molecule has 0 bridgehead atoms. The van der Waals surface area contributed by atoms with E-state index in [9.17, 15) is 9.59 Å². The summed E-state index contributed by atoms with van der Waals surface area (Å²) in [5, 5.41) is 3.03. The number of amides is 2. The molecule has 0 radical (unpaired) electrons. The van der Waals surface area contributed by atoms with E-state index in [-0.39, 0.29) is 23.1 Å². The lowest BCUT2D eigenvalue weighted by Gasteiger charge is -2.35. The van der Waals surface area contributed by atoms with E-state index in [0.29, 0.717) is 19.6 Å². The van der Waals surface area contributed by atoms with Gasteiger partial charge in [0.25, 0.3) is 0 Å². The van der Waals surface area contributed by atoms with E-state index in [1.54, 1.807) is 0 Å². The summed E-state index contributed by atoms with van der Waals surface area (Å²) in [6.07, 6.45) is 3.28. The lowest BCUT2D eigenvalue weighted by atomic mass is 9.90. The van der Waals surface area contributed by atoms with Crippen LogP contribution >= 0.6 is 0 Å². The molecule has 2 amide bonds. The maximum absolute atomic E-state index is 12.5. The molecule has 0 aromatic carbocycles. The second-order valence-electron chi connectivity index (χ2n) is 8.66. The van der Waals surface area contributed by atoms with Crippen molar-refractivity contribution in [2.45, 2.75) is 40.2 Å². The van der Waals surface area contributed by atoms with Gasteiger partial charge in [-0.15, -0.1) is 0 Å². The fourth-order valence-electron chi connectivity index (χ4n) is 3.65. The smallest absolute Gasteiger partial charge is 0.227 e. The maximum atomic E-state index is 12.5. The first-order valence-electron chi connectivity index (χ1n) is 10.2. The van der Waals surface area contributed by atoms with Crippen LogP contribution < -0.4 is 10.2 Å². The average Bonchev–Trinajstić information content (AvgIpc) is 2.72. The first kappa shape index (κ1) is 20.6. The highest BCUT2D eigenvalue weighted by atomic mass is 16.5. The summed E-state index contributed by atoms with van der Waals surface area (Å²) in [7, 11) is 0.